The molecule has 1 aliphatic rings. The van der Waals surface area contributed by atoms with Crippen LogP contribution in [0.1, 0.15) is 6.42 Å². The summed E-state index contributed by atoms with van der Waals surface area (Å²) in [6, 6.07) is 0. The van der Waals surface area contributed by atoms with E-state index >= 15 is 0 Å². The first kappa shape index (κ1) is 9.92. The number of hydrogen-bond acceptors (Lipinski definition) is 4. The summed E-state index contributed by atoms with van der Waals surface area (Å²) in [4.78, 5) is 2.00. The Bertz CT molecular complexity index is 115. The molecule has 1 heterocycles. The van der Waals surface area contributed by atoms with Crippen molar-refractivity contribution >= 4 is 0 Å². The van der Waals surface area contributed by atoms with E-state index in [0.29, 0.717) is 6.54 Å². The molecule has 0 bridgehead atoms. The highest BCUT2D eigenvalue weighted by molar-refractivity contribution is 4.57. The van der Waals surface area contributed by atoms with Crippen LogP contribution in [0.15, 0.2) is 0 Å². The van der Waals surface area contributed by atoms with Gasteiger partial charge in [-0.25, -0.2) is 0 Å². The fraction of sp³-hybridized carbons (Fsp3) is 1.00. The first-order valence-corrected chi connectivity index (χ1v) is 4.35. The molecule has 0 aliphatic carbocycles. The molecule has 1 aliphatic heterocycles. The Labute approximate surface area is 73.1 Å². The van der Waals surface area contributed by atoms with E-state index in [4.69, 9.17) is 14.6 Å². The molecule has 0 radical (unpaired) electrons. The summed E-state index contributed by atoms with van der Waals surface area (Å²) in [7, 11) is 1.94. The lowest BCUT2D eigenvalue weighted by molar-refractivity contribution is -0.185. The second-order valence-corrected chi connectivity index (χ2v) is 3.01. The van der Waals surface area contributed by atoms with Gasteiger partial charge < -0.3 is 14.6 Å². The van der Waals surface area contributed by atoms with Crippen LogP contribution >= 0.6 is 0 Å². The predicted octanol–water partition coefficient (Wildman–Crippen LogP) is -0.327. The van der Waals surface area contributed by atoms with E-state index in [1.165, 1.54) is 0 Å². The van der Waals surface area contributed by atoms with Gasteiger partial charge in [0.05, 0.1) is 19.8 Å². The van der Waals surface area contributed by atoms with Crippen LogP contribution in [0, 0.1) is 0 Å². The Kier molecular flexibility index (Phi) is 4.53. The van der Waals surface area contributed by atoms with Crippen LogP contribution in [0.2, 0.25) is 0 Å². The fourth-order valence-corrected chi connectivity index (χ4v) is 1.16. The van der Waals surface area contributed by atoms with Crippen LogP contribution in [0.3, 0.4) is 0 Å². The number of hydrogen-bond donors (Lipinski definition) is 1. The number of rotatable bonds is 4. The summed E-state index contributed by atoms with van der Waals surface area (Å²) >= 11 is 0. The second kappa shape index (κ2) is 5.48. The van der Waals surface area contributed by atoms with Crippen molar-refractivity contribution in [2.45, 2.75) is 12.7 Å². The van der Waals surface area contributed by atoms with Crippen LogP contribution in [-0.4, -0.2) is 56.3 Å². The summed E-state index contributed by atoms with van der Waals surface area (Å²) < 4.78 is 10.7. The Morgan fingerprint density at radius 2 is 2.08 bits per heavy atom. The van der Waals surface area contributed by atoms with Crippen molar-refractivity contribution in [1.82, 2.24) is 4.90 Å². The SMILES string of the molecule is CN(CCO)CC1OCCCO1. The second-order valence-electron chi connectivity index (χ2n) is 3.01. The van der Waals surface area contributed by atoms with Crippen molar-refractivity contribution in [2.75, 3.05) is 40.0 Å². The lowest BCUT2D eigenvalue weighted by Crippen LogP contribution is -2.37. The molecule has 1 rings (SSSR count). The van der Waals surface area contributed by atoms with Crippen LogP contribution in [0.5, 0.6) is 0 Å². The zero-order valence-electron chi connectivity index (χ0n) is 7.53. The van der Waals surface area contributed by atoms with Gasteiger partial charge in [-0.15, -0.1) is 0 Å². The molecule has 0 spiro atoms. The molecule has 0 atom stereocenters. The van der Waals surface area contributed by atoms with Crippen molar-refractivity contribution < 1.29 is 14.6 Å². The van der Waals surface area contributed by atoms with Crippen molar-refractivity contribution in [1.29, 1.82) is 0 Å². The minimum Gasteiger partial charge on any atom is -0.395 e. The van der Waals surface area contributed by atoms with E-state index in [-0.39, 0.29) is 12.9 Å². The van der Waals surface area contributed by atoms with E-state index < -0.39 is 0 Å². The molecular weight excluding hydrogens is 158 g/mol. The number of nitrogens with zero attached hydrogens (tertiary/aromatic N) is 1. The van der Waals surface area contributed by atoms with Gasteiger partial charge in [0.15, 0.2) is 6.29 Å². The van der Waals surface area contributed by atoms with Gasteiger partial charge in [0.1, 0.15) is 0 Å². The van der Waals surface area contributed by atoms with Gasteiger partial charge in [-0.05, 0) is 13.5 Å². The molecule has 4 heteroatoms. The maximum atomic E-state index is 8.64. The van der Waals surface area contributed by atoms with Crippen LogP contribution in [-0.2, 0) is 9.47 Å². The van der Waals surface area contributed by atoms with Crippen LogP contribution in [0.25, 0.3) is 0 Å². The molecule has 0 unspecified atom stereocenters. The molecular formula is C8H17NO3. The van der Waals surface area contributed by atoms with Crippen LogP contribution < -0.4 is 0 Å². The smallest absolute Gasteiger partial charge is 0.170 e. The Morgan fingerprint density at radius 1 is 1.42 bits per heavy atom. The van der Waals surface area contributed by atoms with Crippen molar-refractivity contribution in [3.63, 3.8) is 0 Å². The summed E-state index contributed by atoms with van der Waals surface area (Å²) in [5, 5.41) is 8.64. The molecule has 0 aromatic heterocycles. The quantitative estimate of drug-likeness (QED) is 0.635. The number of aliphatic hydroxyl groups excluding tert-OH is 1. The van der Waals surface area contributed by atoms with Crippen molar-refractivity contribution in [3.8, 4) is 0 Å². The highest BCUT2D eigenvalue weighted by atomic mass is 16.7. The molecule has 0 aromatic carbocycles. The summed E-state index contributed by atoms with van der Waals surface area (Å²) in [5.41, 5.74) is 0. The van der Waals surface area contributed by atoms with Gasteiger partial charge in [-0.3, -0.25) is 4.90 Å². The molecule has 12 heavy (non-hydrogen) atoms. The third kappa shape index (κ3) is 3.49. The highest BCUT2D eigenvalue weighted by Gasteiger charge is 2.15. The first-order chi connectivity index (χ1) is 5.83. The molecule has 4 nitrogen and oxygen atoms in total. The predicted molar refractivity (Wildman–Crippen MR) is 44.9 cm³/mol. The Morgan fingerprint density at radius 3 is 2.67 bits per heavy atom. The Balaban J connectivity index is 2.11. The van der Waals surface area contributed by atoms with Gasteiger partial charge in [0, 0.05) is 13.1 Å². The van der Waals surface area contributed by atoms with E-state index in [2.05, 4.69) is 0 Å². The number of ether oxygens (including phenoxy) is 2. The molecule has 72 valence electrons. The average molecular weight is 175 g/mol. The van der Waals surface area contributed by atoms with Crippen molar-refractivity contribution in [2.24, 2.45) is 0 Å². The monoisotopic (exact) mass is 175 g/mol. The van der Waals surface area contributed by atoms with E-state index in [1.54, 1.807) is 0 Å². The minimum atomic E-state index is -0.102. The van der Waals surface area contributed by atoms with Gasteiger partial charge >= 0.3 is 0 Å². The molecule has 1 N–H and O–H groups in total. The topological polar surface area (TPSA) is 41.9 Å². The summed E-state index contributed by atoms with van der Waals surface area (Å²) in [5.74, 6) is 0. The maximum Gasteiger partial charge on any atom is 0.170 e. The molecule has 0 saturated carbocycles. The third-order valence-electron chi connectivity index (χ3n) is 1.84. The average Bonchev–Trinajstić information content (AvgIpc) is 2.06. The normalized spacial score (nSPS) is 20.2. The van der Waals surface area contributed by atoms with E-state index in [9.17, 15) is 0 Å². The number of likely N-dealkylation sites (N-methyl/N-ethyl adjacent to an activating group) is 1. The first-order valence-electron chi connectivity index (χ1n) is 4.35. The molecule has 1 fully saturated rings. The lowest BCUT2D eigenvalue weighted by Gasteiger charge is -2.27. The van der Waals surface area contributed by atoms with E-state index in [0.717, 1.165) is 26.2 Å². The highest BCUT2D eigenvalue weighted by Crippen LogP contribution is 2.05. The molecule has 0 aromatic rings. The minimum absolute atomic E-state index is 0.102. The van der Waals surface area contributed by atoms with Gasteiger partial charge in [-0.1, -0.05) is 0 Å². The molecule has 1 saturated heterocycles. The van der Waals surface area contributed by atoms with Gasteiger partial charge in [-0.2, -0.15) is 0 Å². The van der Waals surface area contributed by atoms with Crippen LogP contribution in [0.4, 0.5) is 0 Å². The molecule has 0 amide bonds. The zero-order chi connectivity index (χ0) is 8.81. The van der Waals surface area contributed by atoms with Gasteiger partial charge in [0.2, 0.25) is 0 Å². The third-order valence-corrected chi connectivity index (χ3v) is 1.84. The zero-order valence-corrected chi connectivity index (χ0v) is 7.53. The summed E-state index contributed by atoms with van der Waals surface area (Å²) in [6.07, 6.45) is 0.885. The summed E-state index contributed by atoms with van der Waals surface area (Å²) in [6.45, 7) is 3.17. The van der Waals surface area contributed by atoms with E-state index in [1.807, 2.05) is 11.9 Å². The maximum absolute atomic E-state index is 8.64. The van der Waals surface area contributed by atoms with Gasteiger partial charge in [0.25, 0.3) is 0 Å². The Hall–Kier alpha value is -0.160. The standard InChI is InChI=1S/C8H17NO3/c1-9(3-4-10)7-8-11-5-2-6-12-8/h8,10H,2-7H2,1H3. The number of aliphatic hydroxyl groups is 1. The van der Waals surface area contributed by atoms with Crippen molar-refractivity contribution in [3.05, 3.63) is 0 Å². The fourth-order valence-electron chi connectivity index (χ4n) is 1.16. The largest absolute Gasteiger partial charge is 0.395 e. The lowest BCUT2D eigenvalue weighted by atomic mass is 10.4.